The molecule has 0 spiro atoms. The average Bonchev–Trinajstić information content (AvgIpc) is 2.41. The van der Waals surface area contributed by atoms with Crippen molar-refractivity contribution in [2.75, 3.05) is 13.1 Å². The summed E-state index contributed by atoms with van der Waals surface area (Å²) in [6.45, 7) is 5.08. The van der Waals surface area contributed by atoms with Crippen molar-refractivity contribution < 1.29 is 4.79 Å². The van der Waals surface area contributed by atoms with Crippen molar-refractivity contribution in [2.45, 2.75) is 25.3 Å². The highest BCUT2D eigenvalue weighted by molar-refractivity contribution is 7.78. The predicted molar refractivity (Wildman–Crippen MR) is 56.5 cm³/mol. The van der Waals surface area contributed by atoms with Crippen molar-refractivity contribution in [1.82, 2.24) is 9.62 Å². The molecular formula is C9H16N2OS. The lowest BCUT2D eigenvalue weighted by Crippen LogP contribution is -2.39. The van der Waals surface area contributed by atoms with Gasteiger partial charge < -0.3 is 4.90 Å². The Balaban J connectivity index is 2.53. The third-order valence-corrected chi connectivity index (χ3v) is 2.71. The van der Waals surface area contributed by atoms with Gasteiger partial charge in [0.05, 0.1) is 0 Å². The number of rotatable bonds is 2. The molecule has 74 valence electrons. The number of nitrogens with zero attached hydrogens (tertiary/aromatic N) is 1. The summed E-state index contributed by atoms with van der Waals surface area (Å²) < 4.78 is 2.92. The van der Waals surface area contributed by atoms with Crippen LogP contribution in [0.5, 0.6) is 0 Å². The summed E-state index contributed by atoms with van der Waals surface area (Å²) >= 11 is 4.04. The molecule has 1 fully saturated rings. The number of likely N-dealkylation sites (tertiary alicyclic amines) is 1. The molecule has 1 N–H and O–H groups in total. The lowest BCUT2D eigenvalue weighted by Gasteiger charge is -2.22. The van der Waals surface area contributed by atoms with Crippen LogP contribution in [0.3, 0.4) is 0 Å². The van der Waals surface area contributed by atoms with E-state index in [0.717, 1.165) is 32.4 Å². The van der Waals surface area contributed by atoms with Gasteiger partial charge in [-0.05, 0) is 18.9 Å². The molecule has 3 nitrogen and oxygen atoms in total. The zero-order valence-corrected chi connectivity index (χ0v) is 8.59. The Morgan fingerprint density at radius 3 is 3.00 bits per heavy atom. The van der Waals surface area contributed by atoms with Gasteiger partial charge in [0.15, 0.2) is 0 Å². The standard InChI is InChI=1S/C9H16N2OS/c1-2-9(12)11-6-4-3-5-8(7-11)10-13/h2,8,10,13H,1,3-7H2/t8-/m1/s1. The van der Waals surface area contributed by atoms with Crippen LogP contribution < -0.4 is 4.72 Å². The normalized spacial score (nSPS) is 23.8. The summed E-state index contributed by atoms with van der Waals surface area (Å²) in [6, 6.07) is 0.315. The molecule has 0 aromatic carbocycles. The van der Waals surface area contributed by atoms with Gasteiger partial charge in [0.1, 0.15) is 0 Å². The molecular weight excluding hydrogens is 184 g/mol. The minimum Gasteiger partial charge on any atom is -0.338 e. The first-order chi connectivity index (χ1) is 6.27. The van der Waals surface area contributed by atoms with E-state index in [-0.39, 0.29) is 5.91 Å². The van der Waals surface area contributed by atoms with E-state index in [2.05, 4.69) is 24.1 Å². The van der Waals surface area contributed by atoms with Crippen LogP contribution >= 0.6 is 12.8 Å². The van der Waals surface area contributed by atoms with Gasteiger partial charge in [-0.3, -0.25) is 9.52 Å². The number of hydrogen-bond donors (Lipinski definition) is 2. The van der Waals surface area contributed by atoms with E-state index in [1.807, 2.05) is 4.90 Å². The molecule has 1 rings (SSSR count). The summed E-state index contributed by atoms with van der Waals surface area (Å²) in [5.41, 5.74) is 0. The van der Waals surface area contributed by atoms with E-state index in [4.69, 9.17) is 0 Å². The molecule has 0 aromatic rings. The van der Waals surface area contributed by atoms with Crippen molar-refractivity contribution in [3.8, 4) is 0 Å². The number of carbonyl (C=O) groups is 1. The smallest absolute Gasteiger partial charge is 0.246 e. The minimum absolute atomic E-state index is 0.0236. The first-order valence-electron chi connectivity index (χ1n) is 4.59. The first kappa shape index (κ1) is 10.6. The first-order valence-corrected chi connectivity index (χ1v) is 5.03. The molecule has 1 aliphatic rings. The zero-order valence-electron chi connectivity index (χ0n) is 7.70. The highest BCUT2D eigenvalue weighted by atomic mass is 32.1. The van der Waals surface area contributed by atoms with Gasteiger partial charge in [0.2, 0.25) is 5.91 Å². The molecule has 13 heavy (non-hydrogen) atoms. The molecule has 1 amide bonds. The maximum atomic E-state index is 11.3. The number of thiol groups is 1. The Hall–Kier alpha value is -0.480. The van der Waals surface area contributed by atoms with Gasteiger partial charge >= 0.3 is 0 Å². The Bertz CT molecular complexity index is 196. The predicted octanol–water partition coefficient (Wildman–Crippen LogP) is 0.988. The molecule has 1 saturated heterocycles. The number of amides is 1. The van der Waals surface area contributed by atoms with Crippen LogP contribution in [-0.4, -0.2) is 29.9 Å². The summed E-state index contributed by atoms with van der Waals surface area (Å²) in [4.78, 5) is 13.2. The third kappa shape index (κ3) is 3.04. The zero-order chi connectivity index (χ0) is 9.68. The molecule has 0 saturated carbocycles. The quantitative estimate of drug-likeness (QED) is 0.514. The Morgan fingerprint density at radius 1 is 1.62 bits per heavy atom. The van der Waals surface area contributed by atoms with Crippen molar-refractivity contribution in [1.29, 1.82) is 0 Å². The summed E-state index contributed by atoms with van der Waals surface area (Å²) in [7, 11) is 0. The Labute approximate surface area is 84.7 Å². The Morgan fingerprint density at radius 2 is 2.38 bits per heavy atom. The second-order valence-electron chi connectivity index (χ2n) is 3.31. The van der Waals surface area contributed by atoms with Crippen LogP contribution in [-0.2, 0) is 4.79 Å². The summed E-state index contributed by atoms with van der Waals surface area (Å²) in [5, 5.41) is 0. The van der Waals surface area contributed by atoms with Gasteiger partial charge in [0.25, 0.3) is 0 Å². The molecule has 0 aliphatic carbocycles. The topological polar surface area (TPSA) is 32.3 Å². The number of nitrogens with one attached hydrogen (secondary N) is 1. The molecule has 4 heteroatoms. The minimum atomic E-state index is 0.0236. The van der Waals surface area contributed by atoms with Gasteiger partial charge in [0, 0.05) is 19.1 Å². The molecule has 1 heterocycles. The average molecular weight is 200 g/mol. The molecule has 0 unspecified atom stereocenters. The van der Waals surface area contributed by atoms with Crippen molar-refractivity contribution in [3.05, 3.63) is 12.7 Å². The van der Waals surface area contributed by atoms with Gasteiger partial charge in [-0.25, -0.2) is 0 Å². The summed E-state index contributed by atoms with van der Waals surface area (Å²) in [6.07, 6.45) is 4.69. The van der Waals surface area contributed by atoms with Crippen LogP contribution in [0, 0.1) is 0 Å². The molecule has 1 aliphatic heterocycles. The SMILES string of the molecule is C=CC(=O)N1CCCC[C@@H](NS)C1. The van der Waals surface area contributed by atoms with Crippen molar-refractivity contribution in [2.24, 2.45) is 0 Å². The van der Waals surface area contributed by atoms with E-state index in [1.165, 1.54) is 6.08 Å². The highest BCUT2D eigenvalue weighted by Gasteiger charge is 2.18. The van der Waals surface area contributed by atoms with Crippen molar-refractivity contribution in [3.63, 3.8) is 0 Å². The van der Waals surface area contributed by atoms with E-state index < -0.39 is 0 Å². The molecule has 1 atom stereocenters. The fraction of sp³-hybridized carbons (Fsp3) is 0.667. The second kappa shape index (κ2) is 5.29. The lowest BCUT2D eigenvalue weighted by molar-refractivity contribution is -0.126. The van der Waals surface area contributed by atoms with E-state index >= 15 is 0 Å². The van der Waals surface area contributed by atoms with E-state index in [0.29, 0.717) is 6.04 Å². The highest BCUT2D eigenvalue weighted by Crippen LogP contribution is 2.11. The fourth-order valence-electron chi connectivity index (χ4n) is 1.58. The van der Waals surface area contributed by atoms with Gasteiger partial charge in [-0.2, -0.15) is 0 Å². The van der Waals surface area contributed by atoms with Crippen LogP contribution in [0.4, 0.5) is 0 Å². The van der Waals surface area contributed by atoms with Crippen LogP contribution in [0.1, 0.15) is 19.3 Å². The van der Waals surface area contributed by atoms with E-state index in [1.54, 1.807) is 0 Å². The molecule has 0 aromatic heterocycles. The lowest BCUT2D eigenvalue weighted by atomic mass is 10.2. The largest absolute Gasteiger partial charge is 0.338 e. The van der Waals surface area contributed by atoms with E-state index in [9.17, 15) is 4.79 Å². The Kier molecular flexibility index (Phi) is 4.32. The van der Waals surface area contributed by atoms with Crippen molar-refractivity contribution >= 4 is 18.7 Å². The molecule has 0 radical (unpaired) electrons. The van der Waals surface area contributed by atoms with Crippen LogP contribution in [0.25, 0.3) is 0 Å². The van der Waals surface area contributed by atoms with Gasteiger partial charge in [-0.15, -0.1) is 0 Å². The van der Waals surface area contributed by atoms with Crippen LogP contribution in [0.2, 0.25) is 0 Å². The monoisotopic (exact) mass is 200 g/mol. The second-order valence-corrected chi connectivity index (χ2v) is 3.57. The fourth-order valence-corrected chi connectivity index (χ4v) is 1.79. The summed E-state index contributed by atoms with van der Waals surface area (Å²) in [5.74, 6) is 0.0236. The maximum Gasteiger partial charge on any atom is 0.246 e. The molecule has 0 bridgehead atoms. The maximum absolute atomic E-state index is 11.3. The number of carbonyl (C=O) groups excluding carboxylic acids is 1. The van der Waals surface area contributed by atoms with Gasteiger partial charge in [-0.1, -0.05) is 25.8 Å². The number of hydrogen-bond acceptors (Lipinski definition) is 3. The van der Waals surface area contributed by atoms with Crippen LogP contribution in [0.15, 0.2) is 12.7 Å². The third-order valence-electron chi connectivity index (χ3n) is 2.34.